The first kappa shape index (κ1) is 22.0. The SMILES string of the molecule is Cc1nnc(NCC2C(=O)N(c3ccc(Br)cc3)C(=S)N(c3ccc(Br)cc3)C2=O)s1. The molecular weight excluding hydrogens is 566 g/mol. The molecule has 1 N–H and O–H groups in total. The molecular formula is C20H15Br2N5O2S2. The van der Waals surface area contributed by atoms with Gasteiger partial charge in [-0.15, -0.1) is 10.2 Å². The first-order chi connectivity index (χ1) is 14.8. The number of nitrogens with one attached hydrogen (secondary N) is 1. The van der Waals surface area contributed by atoms with E-state index in [9.17, 15) is 9.59 Å². The molecule has 0 bridgehead atoms. The van der Waals surface area contributed by atoms with Gasteiger partial charge in [-0.05, 0) is 67.7 Å². The number of carbonyl (C=O) groups is 2. The minimum atomic E-state index is -0.983. The van der Waals surface area contributed by atoms with Crippen LogP contribution in [0, 0.1) is 12.8 Å². The highest BCUT2D eigenvalue weighted by molar-refractivity contribution is 9.10. The average Bonchev–Trinajstić information content (AvgIpc) is 3.16. The van der Waals surface area contributed by atoms with Crippen LogP contribution in [0.25, 0.3) is 0 Å². The van der Waals surface area contributed by atoms with Gasteiger partial charge in [-0.3, -0.25) is 19.4 Å². The molecule has 1 saturated heterocycles. The minimum Gasteiger partial charge on any atom is -0.359 e. The number of thiocarbonyl (C=S) groups is 1. The van der Waals surface area contributed by atoms with Crippen LogP contribution in [0.2, 0.25) is 0 Å². The Hall–Kier alpha value is -2.21. The fourth-order valence-corrected chi connectivity index (χ4v) is 4.61. The van der Waals surface area contributed by atoms with E-state index in [4.69, 9.17) is 12.2 Å². The summed E-state index contributed by atoms with van der Waals surface area (Å²) >= 11 is 13.8. The normalized spacial score (nSPS) is 15.0. The van der Waals surface area contributed by atoms with Crippen LogP contribution in [0.4, 0.5) is 16.5 Å². The number of amides is 2. The van der Waals surface area contributed by atoms with Gasteiger partial charge in [0.25, 0.3) is 0 Å². The Morgan fingerprint density at radius 1 is 0.935 bits per heavy atom. The quantitative estimate of drug-likeness (QED) is 0.346. The molecule has 2 aromatic carbocycles. The molecule has 11 heteroatoms. The molecule has 0 atom stereocenters. The molecule has 31 heavy (non-hydrogen) atoms. The topological polar surface area (TPSA) is 78.4 Å². The van der Waals surface area contributed by atoms with Crippen molar-refractivity contribution < 1.29 is 9.59 Å². The number of carbonyl (C=O) groups excluding carboxylic acids is 2. The Labute approximate surface area is 204 Å². The standard InChI is InChI=1S/C20H15Br2N5O2S2/c1-11-24-25-19(31-11)23-10-16-17(28)26(14-6-2-12(21)3-7-14)20(30)27(18(16)29)15-8-4-13(22)5-9-15/h2-9,16H,10H2,1H3,(H,23,25). The monoisotopic (exact) mass is 579 g/mol. The van der Waals surface area contributed by atoms with Crippen molar-refractivity contribution in [2.75, 3.05) is 21.7 Å². The van der Waals surface area contributed by atoms with Gasteiger partial charge in [0.2, 0.25) is 16.9 Å². The van der Waals surface area contributed by atoms with Crippen LogP contribution in [0.15, 0.2) is 57.5 Å². The third kappa shape index (κ3) is 4.54. The summed E-state index contributed by atoms with van der Waals surface area (Å²) in [6.45, 7) is 1.91. The lowest BCUT2D eigenvalue weighted by molar-refractivity contribution is -0.131. The fraction of sp³-hybridized carbons (Fsp3) is 0.150. The van der Waals surface area contributed by atoms with Crippen LogP contribution in [0.1, 0.15) is 5.01 Å². The number of benzene rings is 2. The van der Waals surface area contributed by atoms with Gasteiger partial charge in [0.15, 0.2) is 5.11 Å². The lowest BCUT2D eigenvalue weighted by Gasteiger charge is -2.39. The Morgan fingerprint density at radius 2 is 1.42 bits per heavy atom. The van der Waals surface area contributed by atoms with Crippen molar-refractivity contribution in [1.29, 1.82) is 0 Å². The summed E-state index contributed by atoms with van der Waals surface area (Å²) in [4.78, 5) is 29.6. The summed E-state index contributed by atoms with van der Waals surface area (Å²) in [5.74, 6) is -1.76. The zero-order valence-corrected chi connectivity index (χ0v) is 20.9. The molecule has 1 aromatic heterocycles. The van der Waals surface area contributed by atoms with E-state index in [0.29, 0.717) is 16.5 Å². The van der Waals surface area contributed by atoms with Gasteiger partial charge >= 0.3 is 0 Å². The fourth-order valence-electron chi connectivity index (χ4n) is 3.09. The Bertz CT molecular complexity index is 1080. The number of aryl methyl sites for hydroxylation is 1. The van der Waals surface area contributed by atoms with Gasteiger partial charge in [-0.1, -0.05) is 43.2 Å². The second-order valence-corrected chi connectivity index (χ2v) is 10.0. The van der Waals surface area contributed by atoms with E-state index in [1.165, 1.54) is 21.1 Å². The maximum atomic E-state index is 13.4. The summed E-state index contributed by atoms with van der Waals surface area (Å²) in [5, 5.41) is 12.5. The Morgan fingerprint density at radius 3 is 1.84 bits per heavy atom. The third-order valence-electron chi connectivity index (χ3n) is 4.57. The third-order valence-corrected chi connectivity index (χ3v) is 6.79. The molecule has 0 spiro atoms. The molecule has 1 aliphatic rings. The molecule has 2 heterocycles. The number of hydrogen-bond acceptors (Lipinski definition) is 7. The molecule has 0 saturated carbocycles. The van der Waals surface area contributed by atoms with Gasteiger partial charge in [0, 0.05) is 15.5 Å². The molecule has 0 radical (unpaired) electrons. The first-order valence-corrected chi connectivity index (χ1v) is 11.9. The van der Waals surface area contributed by atoms with E-state index < -0.39 is 5.92 Å². The first-order valence-electron chi connectivity index (χ1n) is 9.12. The van der Waals surface area contributed by atoms with Gasteiger partial charge in [0.1, 0.15) is 10.9 Å². The van der Waals surface area contributed by atoms with E-state index in [1.54, 1.807) is 24.3 Å². The highest BCUT2D eigenvalue weighted by atomic mass is 79.9. The van der Waals surface area contributed by atoms with Crippen molar-refractivity contribution in [3.05, 3.63) is 62.5 Å². The maximum Gasteiger partial charge on any atom is 0.247 e. The zero-order chi connectivity index (χ0) is 22.1. The summed E-state index contributed by atoms with van der Waals surface area (Å²) in [6, 6.07) is 14.4. The van der Waals surface area contributed by atoms with Gasteiger partial charge in [0.05, 0.1) is 11.4 Å². The summed E-state index contributed by atoms with van der Waals surface area (Å²) < 4.78 is 1.75. The number of hydrogen-bond donors (Lipinski definition) is 1. The van der Waals surface area contributed by atoms with E-state index in [2.05, 4.69) is 47.4 Å². The zero-order valence-electron chi connectivity index (χ0n) is 16.1. The molecule has 4 rings (SSSR count). The molecule has 1 aliphatic heterocycles. The van der Waals surface area contributed by atoms with E-state index in [1.807, 2.05) is 31.2 Å². The predicted molar refractivity (Wildman–Crippen MR) is 132 cm³/mol. The number of nitrogens with zero attached hydrogens (tertiary/aromatic N) is 4. The highest BCUT2D eigenvalue weighted by Crippen LogP contribution is 2.31. The van der Waals surface area contributed by atoms with Crippen molar-refractivity contribution in [3.63, 3.8) is 0 Å². The predicted octanol–water partition coefficient (Wildman–Crippen LogP) is 4.76. The van der Waals surface area contributed by atoms with Crippen molar-refractivity contribution >= 4 is 88.8 Å². The highest BCUT2D eigenvalue weighted by Gasteiger charge is 2.45. The van der Waals surface area contributed by atoms with E-state index in [-0.39, 0.29) is 23.5 Å². The maximum absolute atomic E-state index is 13.4. The Kier molecular flexibility index (Phi) is 6.47. The van der Waals surface area contributed by atoms with E-state index in [0.717, 1.165) is 14.0 Å². The van der Waals surface area contributed by atoms with Gasteiger partial charge in [-0.2, -0.15) is 0 Å². The molecule has 0 unspecified atom stereocenters. The number of aromatic nitrogens is 2. The van der Waals surface area contributed by atoms with Crippen LogP contribution >= 0.6 is 55.4 Å². The molecule has 158 valence electrons. The second-order valence-electron chi connectivity index (χ2n) is 6.64. The average molecular weight is 581 g/mol. The largest absolute Gasteiger partial charge is 0.359 e. The van der Waals surface area contributed by atoms with Crippen molar-refractivity contribution in [2.24, 2.45) is 5.92 Å². The number of rotatable bonds is 5. The number of halogens is 2. The van der Waals surface area contributed by atoms with Crippen molar-refractivity contribution in [1.82, 2.24) is 10.2 Å². The molecule has 1 fully saturated rings. The number of anilines is 3. The second kappa shape index (κ2) is 9.11. The Balaban J connectivity index is 1.71. The van der Waals surface area contributed by atoms with Crippen LogP contribution in [-0.4, -0.2) is 33.7 Å². The van der Waals surface area contributed by atoms with Gasteiger partial charge in [-0.25, -0.2) is 0 Å². The van der Waals surface area contributed by atoms with E-state index >= 15 is 0 Å². The molecule has 2 amide bonds. The van der Waals surface area contributed by atoms with Gasteiger partial charge < -0.3 is 5.32 Å². The smallest absolute Gasteiger partial charge is 0.247 e. The van der Waals surface area contributed by atoms with Crippen molar-refractivity contribution in [3.8, 4) is 0 Å². The molecule has 7 nitrogen and oxygen atoms in total. The molecule has 3 aromatic rings. The summed E-state index contributed by atoms with van der Waals surface area (Å²) in [7, 11) is 0. The van der Waals surface area contributed by atoms with Crippen LogP contribution in [-0.2, 0) is 9.59 Å². The lowest BCUT2D eigenvalue weighted by Crippen LogP contribution is -2.61. The lowest BCUT2D eigenvalue weighted by atomic mass is 10.0. The van der Waals surface area contributed by atoms with Crippen LogP contribution < -0.4 is 15.1 Å². The van der Waals surface area contributed by atoms with Crippen LogP contribution in [0.5, 0.6) is 0 Å². The van der Waals surface area contributed by atoms with Crippen molar-refractivity contribution in [2.45, 2.75) is 6.92 Å². The van der Waals surface area contributed by atoms with Crippen LogP contribution in [0.3, 0.4) is 0 Å². The summed E-state index contributed by atoms with van der Waals surface area (Å²) in [6.07, 6.45) is 0. The summed E-state index contributed by atoms with van der Waals surface area (Å²) in [5.41, 5.74) is 1.18. The molecule has 0 aliphatic carbocycles. The minimum absolute atomic E-state index is 0.0783.